The predicted molar refractivity (Wildman–Crippen MR) is 98.5 cm³/mol. The summed E-state index contributed by atoms with van der Waals surface area (Å²) in [7, 11) is 0. The molecule has 0 saturated carbocycles. The number of aromatic nitrogens is 5. The summed E-state index contributed by atoms with van der Waals surface area (Å²) in [6.07, 6.45) is 2.96. The van der Waals surface area contributed by atoms with E-state index in [9.17, 15) is 9.59 Å². The van der Waals surface area contributed by atoms with Gasteiger partial charge in [-0.05, 0) is 39.3 Å². The number of hydrogen-bond acceptors (Lipinski definition) is 7. The minimum atomic E-state index is -0.461. The molecule has 9 nitrogen and oxygen atoms in total. The first-order chi connectivity index (χ1) is 12.5. The number of aromatic amines is 1. The smallest absolute Gasteiger partial charge is 0.338 e. The monoisotopic (exact) mass is 359 g/mol. The molecule has 0 radical (unpaired) electrons. The van der Waals surface area contributed by atoms with Crippen molar-refractivity contribution in [2.24, 2.45) is 0 Å². The van der Waals surface area contributed by atoms with Crippen LogP contribution in [0.2, 0.25) is 0 Å². The Morgan fingerprint density at radius 3 is 2.31 bits per heavy atom. The third kappa shape index (κ3) is 4.75. The van der Waals surface area contributed by atoms with Gasteiger partial charge in [0.1, 0.15) is 6.20 Å². The Bertz CT molecular complexity index is 832. The standard InChI is InChI=1S/C17H25N7O2/c1-13-11-14(2)20-16(19-13)23-9-7-22(8-10-23)5-3-4-6-24-17(26)21-15(25)12-18-24/h11-12H,3-10H2,1-2H3,(H,21,25,26). The van der Waals surface area contributed by atoms with Gasteiger partial charge in [0.25, 0.3) is 5.56 Å². The van der Waals surface area contributed by atoms with E-state index in [0.29, 0.717) is 6.54 Å². The number of hydrogen-bond donors (Lipinski definition) is 1. The Balaban J connectivity index is 1.41. The normalized spacial score (nSPS) is 15.4. The van der Waals surface area contributed by atoms with Crippen LogP contribution in [0.25, 0.3) is 0 Å². The molecule has 1 fully saturated rings. The van der Waals surface area contributed by atoms with Gasteiger partial charge in [-0.1, -0.05) is 0 Å². The summed E-state index contributed by atoms with van der Waals surface area (Å²) < 4.78 is 1.30. The molecule has 140 valence electrons. The number of nitrogens with one attached hydrogen (secondary N) is 1. The Kier molecular flexibility index (Phi) is 5.77. The van der Waals surface area contributed by atoms with Crippen molar-refractivity contribution in [3.05, 3.63) is 44.5 Å². The van der Waals surface area contributed by atoms with Crippen LogP contribution in [-0.2, 0) is 6.54 Å². The van der Waals surface area contributed by atoms with Gasteiger partial charge in [0.2, 0.25) is 5.95 Å². The average molecular weight is 359 g/mol. The van der Waals surface area contributed by atoms with E-state index in [1.165, 1.54) is 4.68 Å². The molecule has 0 spiro atoms. The number of unbranched alkanes of at least 4 members (excludes halogenated alkanes) is 1. The van der Waals surface area contributed by atoms with Crippen LogP contribution in [0, 0.1) is 13.8 Å². The lowest BCUT2D eigenvalue weighted by Gasteiger charge is -2.34. The second-order valence-corrected chi connectivity index (χ2v) is 6.65. The van der Waals surface area contributed by atoms with E-state index < -0.39 is 11.2 Å². The minimum absolute atomic E-state index is 0.445. The van der Waals surface area contributed by atoms with Crippen LogP contribution in [0.4, 0.5) is 5.95 Å². The maximum atomic E-state index is 11.6. The third-order valence-corrected chi connectivity index (χ3v) is 4.50. The van der Waals surface area contributed by atoms with Gasteiger partial charge in [-0.25, -0.2) is 19.4 Å². The van der Waals surface area contributed by atoms with Crippen molar-refractivity contribution in [3.8, 4) is 0 Å². The highest BCUT2D eigenvalue weighted by atomic mass is 16.2. The van der Waals surface area contributed by atoms with E-state index in [-0.39, 0.29) is 0 Å². The molecule has 0 amide bonds. The molecule has 3 rings (SSSR count). The fraction of sp³-hybridized carbons (Fsp3) is 0.588. The molecule has 1 saturated heterocycles. The van der Waals surface area contributed by atoms with Crippen LogP contribution >= 0.6 is 0 Å². The molecule has 2 aromatic heterocycles. The lowest BCUT2D eigenvalue weighted by Crippen LogP contribution is -2.47. The second-order valence-electron chi connectivity index (χ2n) is 6.65. The summed E-state index contributed by atoms with van der Waals surface area (Å²) in [5.41, 5.74) is 1.10. The first-order valence-corrected chi connectivity index (χ1v) is 8.97. The maximum Gasteiger partial charge on any atom is 0.344 e. The van der Waals surface area contributed by atoms with E-state index in [1.54, 1.807) is 0 Å². The molecular formula is C17H25N7O2. The van der Waals surface area contributed by atoms with E-state index in [2.05, 4.69) is 29.9 Å². The van der Waals surface area contributed by atoms with Crippen molar-refractivity contribution in [1.29, 1.82) is 0 Å². The van der Waals surface area contributed by atoms with E-state index in [0.717, 1.165) is 69.1 Å². The molecule has 0 atom stereocenters. The average Bonchev–Trinajstić information content (AvgIpc) is 2.60. The first kappa shape index (κ1) is 18.2. The molecule has 2 aromatic rings. The molecule has 1 aliphatic rings. The third-order valence-electron chi connectivity index (χ3n) is 4.50. The van der Waals surface area contributed by atoms with Gasteiger partial charge < -0.3 is 4.90 Å². The quantitative estimate of drug-likeness (QED) is 0.721. The van der Waals surface area contributed by atoms with Crippen molar-refractivity contribution >= 4 is 5.95 Å². The Morgan fingerprint density at radius 1 is 1.00 bits per heavy atom. The largest absolute Gasteiger partial charge is 0.344 e. The molecule has 0 aliphatic carbocycles. The second kappa shape index (κ2) is 8.22. The summed E-state index contributed by atoms with van der Waals surface area (Å²) in [6.45, 7) is 9.30. The molecule has 0 aromatic carbocycles. The number of nitrogens with zero attached hydrogens (tertiary/aromatic N) is 6. The fourth-order valence-corrected chi connectivity index (χ4v) is 3.15. The van der Waals surface area contributed by atoms with Crippen molar-refractivity contribution in [1.82, 2.24) is 29.6 Å². The highest BCUT2D eigenvalue weighted by molar-refractivity contribution is 5.32. The van der Waals surface area contributed by atoms with Gasteiger partial charge in [0, 0.05) is 44.1 Å². The van der Waals surface area contributed by atoms with Gasteiger partial charge in [-0.3, -0.25) is 14.7 Å². The molecule has 1 N–H and O–H groups in total. The zero-order valence-corrected chi connectivity index (χ0v) is 15.3. The van der Waals surface area contributed by atoms with E-state index >= 15 is 0 Å². The molecule has 0 bridgehead atoms. The number of anilines is 1. The topological polar surface area (TPSA) is 100 Å². The summed E-state index contributed by atoms with van der Waals surface area (Å²) in [5.74, 6) is 0.825. The Labute approximate surface area is 151 Å². The van der Waals surface area contributed by atoms with Crippen molar-refractivity contribution in [2.75, 3.05) is 37.6 Å². The number of H-pyrrole nitrogens is 1. The Morgan fingerprint density at radius 2 is 1.65 bits per heavy atom. The lowest BCUT2D eigenvalue weighted by molar-refractivity contribution is 0.249. The zero-order valence-electron chi connectivity index (χ0n) is 15.3. The van der Waals surface area contributed by atoms with Gasteiger partial charge in [-0.15, -0.1) is 0 Å². The molecule has 26 heavy (non-hydrogen) atoms. The summed E-state index contributed by atoms with van der Waals surface area (Å²) >= 11 is 0. The van der Waals surface area contributed by atoms with Crippen LogP contribution in [0.5, 0.6) is 0 Å². The maximum absolute atomic E-state index is 11.6. The van der Waals surface area contributed by atoms with Crippen LogP contribution in [0.3, 0.4) is 0 Å². The predicted octanol–water partition coefficient (Wildman–Crippen LogP) is -0.0592. The molecule has 0 unspecified atom stereocenters. The number of rotatable bonds is 6. The highest BCUT2D eigenvalue weighted by Gasteiger charge is 2.19. The van der Waals surface area contributed by atoms with Crippen molar-refractivity contribution in [2.45, 2.75) is 33.2 Å². The number of piperazine rings is 1. The van der Waals surface area contributed by atoms with Crippen LogP contribution < -0.4 is 16.1 Å². The lowest BCUT2D eigenvalue weighted by atomic mass is 10.2. The fourth-order valence-electron chi connectivity index (χ4n) is 3.15. The minimum Gasteiger partial charge on any atom is -0.338 e. The summed E-state index contributed by atoms with van der Waals surface area (Å²) in [5, 5.41) is 3.85. The van der Waals surface area contributed by atoms with Gasteiger partial charge in [-0.2, -0.15) is 5.10 Å². The molecule has 9 heteroatoms. The van der Waals surface area contributed by atoms with Gasteiger partial charge >= 0.3 is 5.69 Å². The van der Waals surface area contributed by atoms with Crippen molar-refractivity contribution < 1.29 is 0 Å². The van der Waals surface area contributed by atoms with Gasteiger partial charge in [0.05, 0.1) is 0 Å². The molecular weight excluding hydrogens is 334 g/mol. The SMILES string of the molecule is Cc1cc(C)nc(N2CCN(CCCCn3ncc(=O)[nH]c3=O)CC2)n1. The first-order valence-electron chi connectivity index (χ1n) is 8.97. The van der Waals surface area contributed by atoms with Crippen LogP contribution in [-0.4, -0.2) is 62.4 Å². The van der Waals surface area contributed by atoms with Crippen LogP contribution in [0.1, 0.15) is 24.2 Å². The summed E-state index contributed by atoms with van der Waals surface area (Å²) in [4.78, 5) is 38.5. The molecule has 3 heterocycles. The van der Waals surface area contributed by atoms with E-state index in [4.69, 9.17) is 0 Å². The Hall–Kier alpha value is -2.55. The van der Waals surface area contributed by atoms with E-state index in [1.807, 2.05) is 19.9 Å². The van der Waals surface area contributed by atoms with Crippen LogP contribution in [0.15, 0.2) is 21.9 Å². The van der Waals surface area contributed by atoms with Gasteiger partial charge in [0.15, 0.2) is 0 Å². The number of aryl methyl sites for hydroxylation is 3. The van der Waals surface area contributed by atoms with Crippen molar-refractivity contribution in [3.63, 3.8) is 0 Å². The molecule has 1 aliphatic heterocycles. The highest BCUT2D eigenvalue weighted by Crippen LogP contribution is 2.13. The zero-order chi connectivity index (χ0) is 18.5. The summed E-state index contributed by atoms with van der Waals surface area (Å²) in [6, 6.07) is 1.99.